The van der Waals surface area contributed by atoms with Gasteiger partial charge in [-0.1, -0.05) is 18.6 Å². The molecule has 0 aromatic carbocycles. The molecule has 2 saturated heterocycles. The molecule has 0 bridgehead atoms. The smallest absolute Gasteiger partial charge is 0.408 e. The Bertz CT molecular complexity index is 1010. The summed E-state index contributed by atoms with van der Waals surface area (Å²) in [5.41, 5.74) is -0.735. The van der Waals surface area contributed by atoms with Crippen molar-refractivity contribution in [3.05, 3.63) is 12.2 Å². The van der Waals surface area contributed by atoms with Crippen LogP contribution in [0.1, 0.15) is 65.7 Å². The van der Waals surface area contributed by atoms with E-state index in [1.165, 1.54) is 7.11 Å². The van der Waals surface area contributed by atoms with E-state index in [2.05, 4.69) is 16.0 Å². The summed E-state index contributed by atoms with van der Waals surface area (Å²) in [6, 6.07) is -2.68. The van der Waals surface area contributed by atoms with Crippen molar-refractivity contribution in [1.29, 1.82) is 0 Å². The number of rotatable bonds is 2. The number of methoxy groups -OCH3 is 1. The first kappa shape index (κ1) is 28.9. The molecule has 0 aromatic rings. The summed E-state index contributed by atoms with van der Waals surface area (Å²) in [4.78, 5) is 67.6. The first-order valence-corrected chi connectivity index (χ1v) is 14.1. The van der Waals surface area contributed by atoms with Crippen LogP contribution in [0.5, 0.6) is 0 Å². The van der Waals surface area contributed by atoms with Crippen LogP contribution in [0.3, 0.4) is 0 Å². The summed E-state index contributed by atoms with van der Waals surface area (Å²) in [6.07, 6.45) is 7.47. The fourth-order valence-electron chi connectivity index (χ4n) is 6.58. The zero-order chi connectivity index (χ0) is 28.3. The molecule has 0 radical (unpaired) electrons. The van der Waals surface area contributed by atoms with E-state index < -0.39 is 47.6 Å². The van der Waals surface area contributed by atoms with Crippen LogP contribution in [0.4, 0.5) is 4.79 Å². The Balaban J connectivity index is 1.67. The second-order valence-electron chi connectivity index (χ2n) is 12.2. The predicted octanol–water partition coefficient (Wildman–Crippen LogP) is 1.66. The van der Waals surface area contributed by atoms with Gasteiger partial charge in [-0.25, -0.2) is 9.59 Å². The van der Waals surface area contributed by atoms with Crippen molar-refractivity contribution in [3.63, 3.8) is 0 Å². The van der Waals surface area contributed by atoms with Crippen LogP contribution in [0.15, 0.2) is 12.2 Å². The van der Waals surface area contributed by atoms with Gasteiger partial charge in [0.2, 0.25) is 17.7 Å². The molecule has 216 valence electrons. The molecule has 0 aromatic heterocycles. The predicted molar refractivity (Wildman–Crippen MR) is 141 cm³/mol. The lowest BCUT2D eigenvalue weighted by Gasteiger charge is -2.34. The van der Waals surface area contributed by atoms with E-state index in [-0.39, 0.29) is 36.0 Å². The average molecular weight is 547 g/mol. The number of esters is 1. The Kier molecular flexibility index (Phi) is 8.86. The quantitative estimate of drug-likeness (QED) is 0.353. The molecule has 3 N–H and O–H groups in total. The van der Waals surface area contributed by atoms with Crippen LogP contribution < -0.4 is 16.0 Å². The molecular weight excluding hydrogens is 504 g/mol. The molecule has 1 aliphatic carbocycles. The van der Waals surface area contributed by atoms with Gasteiger partial charge in [0, 0.05) is 19.0 Å². The zero-order valence-electron chi connectivity index (χ0n) is 23.4. The summed E-state index contributed by atoms with van der Waals surface area (Å²) in [7, 11) is 1.25. The molecule has 3 fully saturated rings. The SMILES string of the molecule is COC(=O)[C@@H]1C[C@@H]2C(=O)NCCC2/C=C\CC[C@H](NC(=O)OC(C)(C)C)C(=O)N2C[C@@H]3CCC[C@@H]3[C@H]2C(=O)N1. The topological polar surface area (TPSA) is 143 Å². The molecule has 7 atom stereocenters. The van der Waals surface area contributed by atoms with Gasteiger partial charge in [0.05, 0.1) is 7.11 Å². The monoisotopic (exact) mass is 546 g/mol. The van der Waals surface area contributed by atoms with E-state index in [0.717, 1.165) is 19.3 Å². The number of alkyl carbamates (subject to hydrolysis) is 1. The summed E-state index contributed by atoms with van der Waals surface area (Å²) in [5.74, 6) is -2.06. The van der Waals surface area contributed by atoms with E-state index >= 15 is 0 Å². The third-order valence-electron chi connectivity index (χ3n) is 8.36. The van der Waals surface area contributed by atoms with Crippen LogP contribution >= 0.6 is 0 Å². The molecule has 4 aliphatic rings. The number of nitrogens with one attached hydrogen (secondary N) is 3. The van der Waals surface area contributed by atoms with Crippen LogP contribution in [-0.4, -0.2) is 78.6 Å². The number of nitrogens with zero attached hydrogens (tertiary/aromatic N) is 1. The van der Waals surface area contributed by atoms with Crippen LogP contribution in [-0.2, 0) is 28.7 Å². The molecular formula is C28H42N4O7. The fraction of sp³-hybridized carbons (Fsp3) is 0.750. The van der Waals surface area contributed by atoms with Gasteiger partial charge in [0.1, 0.15) is 23.7 Å². The van der Waals surface area contributed by atoms with Gasteiger partial charge in [0.25, 0.3) is 0 Å². The highest BCUT2D eigenvalue weighted by molar-refractivity contribution is 5.94. The maximum absolute atomic E-state index is 13.9. The Labute approximate surface area is 229 Å². The Morgan fingerprint density at radius 2 is 1.85 bits per heavy atom. The first-order chi connectivity index (χ1) is 18.5. The molecule has 11 heteroatoms. The third-order valence-corrected chi connectivity index (χ3v) is 8.36. The van der Waals surface area contributed by atoms with Crippen molar-refractivity contribution in [1.82, 2.24) is 20.9 Å². The van der Waals surface area contributed by atoms with Gasteiger partial charge in [-0.2, -0.15) is 0 Å². The Morgan fingerprint density at radius 3 is 2.56 bits per heavy atom. The van der Waals surface area contributed by atoms with Gasteiger partial charge >= 0.3 is 12.1 Å². The highest BCUT2D eigenvalue weighted by atomic mass is 16.6. The molecule has 3 heterocycles. The van der Waals surface area contributed by atoms with E-state index in [1.54, 1.807) is 25.7 Å². The molecule has 1 unspecified atom stereocenters. The molecule has 3 aliphatic heterocycles. The van der Waals surface area contributed by atoms with E-state index in [9.17, 15) is 24.0 Å². The standard InChI is InChI=1S/C28H42N4O7/c1-28(2,3)39-27(37)31-20-11-6-5-8-16-12-13-29-23(33)19(16)14-21(26(36)38-4)30-24(34)22-18-10-7-9-17(18)15-32(22)25(20)35/h5,8,16-22H,6-7,9-15H2,1-4H3,(H,29,33)(H,30,34)(H,31,37)/b8-5-/t16?,17-,18-,19-,20-,21-,22-/m0/s1. The molecule has 0 spiro atoms. The van der Waals surface area contributed by atoms with E-state index in [1.807, 2.05) is 12.2 Å². The largest absolute Gasteiger partial charge is 0.467 e. The number of hydrogen-bond donors (Lipinski definition) is 3. The van der Waals surface area contributed by atoms with E-state index in [0.29, 0.717) is 32.4 Å². The van der Waals surface area contributed by atoms with E-state index in [4.69, 9.17) is 9.47 Å². The summed E-state index contributed by atoms with van der Waals surface area (Å²) in [5, 5.41) is 8.46. The number of ether oxygens (including phenoxy) is 2. The average Bonchev–Trinajstić information content (AvgIpc) is 3.46. The number of hydrogen-bond acceptors (Lipinski definition) is 7. The van der Waals surface area contributed by atoms with Gasteiger partial charge < -0.3 is 30.3 Å². The van der Waals surface area contributed by atoms with Gasteiger partial charge in [0.15, 0.2) is 0 Å². The van der Waals surface area contributed by atoms with Crippen molar-refractivity contribution in [2.75, 3.05) is 20.2 Å². The number of piperidine rings is 1. The summed E-state index contributed by atoms with van der Waals surface area (Å²) in [6.45, 7) is 6.18. The van der Waals surface area contributed by atoms with Crippen molar-refractivity contribution >= 4 is 29.8 Å². The first-order valence-electron chi connectivity index (χ1n) is 14.1. The second-order valence-corrected chi connectivity index (χ2v) is 12.2. The van der Waals surface area contributed by atoms with Crippen molar-refractivity contribution < 1.29 is 33.4 Å². The second kappa shape index (κ2) is 12.0. The van der Waals surface area contributed by atoms with Crippen molar-refractivity contribution in [2.45, 2.75) is 89.4 Å². The normalized spacial score (nSPS) is 34.4. The number of fused-ring (bicyclic) bond motifs is 4. The van der Waals surface area contributed by atoms with Gasteiger partial charge in [-0.3, -0.25) is 14.4 Å². The lowest BCUT2D eigenvalue weighted by Crippen LogP contribution is -2.57. The fourth-order valence-corrected chi connectivity index (χ4v) is 6.58. The molecule has 11 nitrogen and oxygen atoms in total. The summed E-state index contributed by atoms with van der Waals surface area (Å²) < 4.78 is 10.4. The molecule has 4 amide bonds. The molecule has 4 rings (SSSR count). The highest BCUT2D eigenvalue weighted by Crippen LogP contribution is 2.43. The number of amides is 4. The lowest BCUT2D eigenvalue weighted by molar-refractivity contribution is -0.148. The van der Waals surface area contributed by atoms with Crippen molar-refractivity contribution in [3.8, 4) is 0 Å². The van der Waals surface area contributed by atoms with Crippen LogP contribution in [0, 0.1) is 23.7 Å². The summed E-state index contributed by atoms with van der Waals surface area (Å²) >= 11 is 0. The van der Waals surface area contributed by atoms with Crippen molar-refractivity contribution in [2.24, 2.45) is 23.7 Å². The number of carbonyl (C=O) groups excluding carboxylic acids is 5. The maximum Gasteiger partial charge on any atom is 0.408 e. The number of allylic oxidation sites excluding steroid dienone is 2. The Morgan fingerprint density at radius 1 is 1.08 bits per heavy atom. The zero-order valence-corrected chi connectivity index (χ0v) is 23.4. The molecule has 1 saturated carbocycles. The van der Waals surface area contributed by atoms with Gasteiger partial charge in [-0.05, 0) is 77.0 Å². The highest BCUT2D eigenvalue weighted by Gasteiger charge is 2.51. The third kappa shape index (κ3) is 6.73. The molecule has 39 heavy (non-hydrogen) atoms. The minimum atomic E-state index is -1.02. The van der Waals surface area contributed by atoms with Gasteiger partial charge in [-0.15, -0.1) is 0 Å². The lowest BCUT2D eigenvalue weighted by atomic mass is 9.81. The minimum Gasteiger partial charge on any atom is -0.467 e. The minimum absolute atomic E-state index is 0.0343. The van der Waals surface area contributed by atoms with Crippen LogP contribution in [0.25, 0.3) is 0 Å². The maximum atomic E-state index is 13.9. The van der Waals surface area contributed by atoms with Crippen LogP contribution in [0.2, 0.25) is 0 Å². The Hall–Kier alpha value is -3.11. The number of carbonyl (C=O) groups is 5.